The van der Waals surface area contributed by atoms with E-state index < -0.39 is 5.97 Å². The molecule has 0 saturated heterocycles. The molecule has 0 unspecified atom stereocenters. The number of aromatic nitrogens is 2. The van der Waals surface area contributed by atoms with Gasteiger partial charge in [0.25, 0.3) is 0 Å². The third kappa shape index (κ3) is 2.43. The van der Waals surface area contributed by atoms with Gasteiger partial charge in [-0.05, 0) is 0 Å². The molecule has 0 aromatic carbocycles. The van der Waals surface area contributed by atoms with E-state index in [9.17, 15) is 4.79 Å². The molecule has 0 amide bonds. The van der Waals surface area contributed by atoms with Crippen LogP contribution in [-0.2, 0) is 0 Å². The second-order valence-electron chi connectivity index (χ2n) is 1.43. The second kappa shape index (κ2) is 4.38. The molecule has 0 bridgehead atoms. The van der Waals surface area contributed by atoms with Crippen molar-refractivity contribution in [2.45, 2.75) is 0 Å². The Morgan fingerprint density at radius 1 is 1.50 bits per heavy atom. The van der Waals surface area contributed by atoms with E-state index in [-0.39, 0.29) is 36.5 Å². The normalized spacial score (nSPS) is 8.00. The molecule has 0 aliphatic heterocycles. The predicted molar refractivity (Wildman–Crippen MR) is 30.1 cm³/mol. The van der Waals surface area contributed by atoms with Crippen molar-refractivity contribution in [1.82, 2.24) is 9.97 Å². The molecule has 0 aliphatic carbocycles. The summed E-state index contributed by atoms with van der Waals surface area (Å²) in [6.45, 7) is 0. The summed E-state index contributed by atoms with van der Waals surface area (Å²) < 4.78 is 0. The maximum absolute atomic E-state index is 10.1. The van der Waals surface area contributed by atoms with Crippen LogP contribution in [0.4, 0.5) is 0 Å². The molecule has 1 rings (SSSR count). The molecule has 1 aromatic rings. The fraction of sp³-hybridized carbons (Fsp3) is 0. The number of nitrogens with zero attached hydrogens (tertiary/aromatic N) is 2. The molecule has 0 spiro atoms. The zero-order valence-corrected chi connectivity index (χ0v) is 7.48. The molecule has 0 aliphatic rings. The molecule has 1 aromatic heterocycles. The summed E-state index contributed by atoms with van der Waals surface area (Å²) in [7, 11) is 0. The Kier molecular flexibility index (Phi) is 4.18. The van der Waals surface area contributed by atoms with E-state index >= 15 is 0 Å². The van der Waals surface area contributed by atoms with Crippen LogP contribution in [0.3, 0.4) is 0 Å². The van der Waals surface area contributed by atoms with Crippen LogP contribution in [0.25, 0.3) is 0 Å². The van der Waals surface area contributed by atoms with Crippen LogP contribution in [0.5, 0.6) is 0 Å². The number of carboxylic acid groups (broad SMARTS) is 1. The fourth-order valence-electron chi connectivity index (χ4n) is 0.410. The number of aromatic carboxylic acids is 1. The minimum absolute atomic E-state index is 0. The number of hydrogen-bond acceptors (Lipinski definition) is 3. The van der Waals surface area contributed by atoms with Crippen molar-refractivity contribution >= 4 is 5.97 Å². The van der Waals surface area contributed by atoms with Gasteiger partial charge in [-0.3, -0.25) is 0 Å². The third-order valence-corrected chi connectivity index (χ3v) is 0.808. The van der Waals surface area contributed by atoms with Crippen molar-refractivity contribution in [3.63, 3.8) is 0 Å². The third-order valence-electron chi connectivity index (χ3n) is 0.808. The number of carboxylic acids is 1. The van der Waals surface area contributed by atoms with Crippen molar-refractivity contribution in [3.8, 4) is 0 Å². The summed E-state index contributed by atoms with van der Waals surface area (Å²) in [5.41, 5.74) is 0.109. The summed E-state index contributed by atoms with van der Waals surface area (Å²) >= 11 is 0. The molecule has 0 saturated carbocycles. The molecular weight excluding hydrogens is 143 g/mol. The topological polar surface area (TPSA) is 63.1 Å². The largest absolute Gasteiger partial charge is 1.00 e. The van der Waals surface area contributed by atoms with E-state index in [0.717, 1.165) is 0 Å². The van der Waals surface area contributed by atoms with E-state index in [0.29, 0.717) is 0 Å². The summed E-state index contributed by atoms with van der Waals surface area (Å²) in [4.78, 5) is 17.1. The van der Waals surface area contributed by atoms with Crippen LogP contribution in [0.2, 0.25) is 0 Å². The minimum atomic E-state index is -1.00. The molecule has 4 nitrogen and oxygen atoms in total. The minimum Gasteiger partial charge on any atom is -1.00 e. The smallest absolute Gasteiger partial charge is 1.00 e. The summed E-state index contributed by atoms with van der Waals surface area (Å²) in [5.74, 6) is -1.00. The molecule has 0 fully saturated rings. The second-order valence-corrected chi connectivity index (χ2v) is 1.43. The van der Waals surface area contributed by atoms with Crippen LogP contribution in [0.15, 0.2) is 18.7 Å². The predicted octanol–water partition coefficient (Wildman–Crippen LogP) is -2.71. The first-order chi connectivity index (χ1) is 4.30. The average Bonchev–Trinajstić information content (AvgIpc) is 1.90. The Bertz CT molecular complexity index is 219. The maximum atomic E-state index is 10.1. The quantitative estimate of drug-likeness (QED) is 0.440. The van der Waals surface area contributed by atoms with Gasteiger partial charge in [-0.1, -0.05) is 0 Å². The van der Waals surface area contributed by atoms with E-state index in [1.54, 1.807) is 0 Å². The van der Waals surface area contributed by atoms with Crippen molar-refractivity contribution in [2.75, 3.05) is 0 Å². The van der Waals surface area contributed by atoms with Gasteiger partial charge >= 0.3 is 35.5 Å². The zero-order valence-electron chi connectivity index (χ0n) is 6.48. The van der Waals surface area contributed by atoms with Gasteiger partial charge in [0.2, 0.25) is 0 Å². The van der Waals surface area contributed by atoms with Gasteiger partial charge in [-0.15, -0.1) is 0 Å². The van der Waals surface area contributed by atoms with Gasteiger partial charge in [0, 0.05) is 12.4 Å². The molecule has 0 radical (unpaired) electrons. The monoisotopic (exact) mass is 148 g/mol. The maximum Gasteiger partial charge on any atom is 1.00 e. The first kappa shape index (κ1) is 9.55. The fourth-order valence-corrected chi connectivity index (χ4v) is 0.410. The van der Waals surface area contributed by atoms with Crippen molar-refractivity contribution in [3.05, 3.63) is 24.3 Å². The zero-order chi connectivity index (χ0) is 6.69. The average molecular weight is 148 g/mol. The van der Waals surface area contributed by atoms with Gasteiger partial charge < -0.3 is 6.53 Å². The first-order valence-electron chi connectivity index (χ1n) is 2.29. The molecule has 10 heavy (non-hydrogen) atoms. The summed E-state index contributed by atoms with van der Waals surface area (Å²) in [5, 5.41) is 8.30. The van der Waals surface area contributed by atoms with Crippen LogP contribution >= 0.6 is 0 Å². The standard InChI is InChI=1S/C5H4N2O2.Na.H/c8-5(9)4-1-6-3-7-2-4;;/h1-3H,(H,8,9);;/q;+1;-1. The number of hydrogen-bond donors (Lipinski definition) is 1. The summed E-state index contributed by atoms with van der Waals surface area (Å²) in [6.07, 6.45) is 3.77. The van der Waals surface area contributed by atoms with Crippen molar-refractivity contribution in [2.24, 2.45) is 0 Å². The molecule has 1 N–H and O–H groups in total. The van der Waals surface area contributed by atoms with Gasteiger partial charge in [0.1, 0.15) is 6.33 Å². The first-order valence-corrected chi connectivity index (χ1v) is 2.29. The van der Waals surface area contributed by atoms with E-state index in [1.807, 2.05) is 0 Å². The van der Waals surface area contributed by atoms with Crippen molar-refractivity contribution in [1.29, 1.82) is 0 Å². The van der Waals surface area contributed by atoms with Crippen LogP contribution < -0.4 is 29.6 Å². The molecule has 0 atom stereocenters. The SMILES string of the molecule is O=C(O)c1cncnc1.[H-].[Na+]. The summed E-state index contributed by atoms with van der Waals surface area (Å²) in [6, 6.07) is 0. The molecule has 5 heteroatoms. The van der Waals surface area contributed by atoms with Gasteiger partial charge in [0.15, 0.2) is 0 Å². The van der Waals surface area contributed by atoms with Crippen LogP contribution in [0, 0.1) is 0 Å². The molecule has 48 valence electrons. The van der Waals surface area contributed by atoms with Crippen LogP contribution in [0.1, 0.15) is 11.8 Å². The Morgan fingerprint density at radius 2 is 2.00 bits per heavy atom. The van der Waals surface area contributed by atoms with Crippen molar-refractivity contribution < 1.29 is 40.9 Å². The Hall–Kier alpha value is -0.450. The molecule has 1 heterocycles. The Labute approximate surface area is 81.1 Å². The van der Waals surface area contributed by atoms with Gasteiger partial charge in [-0.25, -0.2) is 14.8 Å². The Morgan fingerprint density at radius 3 is 2.30 bits per heavy atom. The van der Waals surface area contributed by atoms with E-state index in [4.69, 9.17) is 5.11 Å². The molecular formula is C5H5N2NaO2. The Balaban J connectivity index is 0. The van der Waals surface area contributed by atoms with Gasteiger partial charge in [-0.2, -0.15) is 0 Å². The van der Waals surface area contributed by atoms with E-state index in [2.05, 4.69) is 9.97 Å². The number of carbonyl (C=O) groups is 1. The van der Waals surface area contributed by atoms with E-state index in [1.165, 1.54) is 18.7 Å². The number of rotatable bonds is 1. The van der Waals surface area contributed by atoms with Gasteiger partial charge in [0.05, 0.1) is 5.56 Å². The van der Waals surface area contributed by atoms with Crippen LogP contribution in [-0.4, -0.2) is 21.0 Å².